The van der Waals surface area contributed by atoms with E-state index >= 15 is 0 Å². The predicted octanol–water partition coefficient (Wildman–Crippen LogP) is 4.39. The van der Waals surface area contributed by atoms with Crippen molar-refractivity contribution in [1.29, 1.82) is 0 Å². The van der Waals surface area contributed by atoms with E-state index < -0.39 is 0 Å². The zero-order valence-corrected chi connectivity index (χ0v) is 13.7. The Morgan fingerprint density at radius 1 is 1.12 bits per heavy atom. The maximum atomic E-state index is 3.62. The Labute approximate surface area is 118 Å². The molecule has 0 aliphatic rings. The SMILES string of the molecule is C=Cc1cc[c-]cc1.CC[PH+](CC)CC.[Au+]. The van der Waals surface area contributed by atoms with Gasteiger partial charge in [-0.05, 0) is 28.7 Å². The largest absolute Gasteiger partial charge is 1.00 e. The van der Waals surface area contributed by atoms with Crippen molar-refractivity contribution in [3.63, 3.8) is 0 Å². The van der Waals surface area contributed by atoms with Crippen molar-refractivity contribution in [3.8, 4) is 0 Å². The second-order valence-electron chi connectivity index (χ2n) is 3.35. The minimum absolute atomic E-state index is 0. The van der Waals surface area contributed by atoms with Gasteiger partial charge >= 0.3 is 22.4 Å². The van der Waals surface area contributed by atoms with E-state index in [9.17, 15) is 0 Å². The Hall–Kier alpha value is 0.130. The van der Waals surface area contributed by atoms with Crippen LogP contribution in [0.4, 0.5) is 0 Å². The molecule has 1 rings (SSSR count). The Balaban J connectivity index is 0. The van der Waals surface area contributed by atoms with Crippen LogP contribution >= 0.6 is 7.92 Å². The molecule has 0 amide bonds. The fourth-order valence-corrected chi connectivity index (χ4v) is 2.79. The minimum atomic E-state index is 0. The monoisotopic (exact) mass is 419 g/mol. The fraction of sp³-hybridized carbons (Fsp3) is 0.429. The molecule has 1 aromatic carbocycles. The normalized spacial score (nSPS) is 8.75. The van der Waals surface area contributed by atoms with E-state index in [2.05, 4.69) is 33.4 Å². The molecule has 94 valence electrons. The van der Waals surface area contributed by atoms with Crippen LogP contribution < -0.4 is 0 Å². The molecule has 0 aliphatic heterocycles. The summed E-state index contributed by atoms with van der Waals surface area (Å²) in [4.78, 5) is 0. The molecule has 2 heteroatoms. The van der Waals surface area contributed by atoms with E-state index in [1.54, 1.807) is 0 Å². The molecule has 0 radical (unpaired) electrons. The van der Waals surface area contributed by atoms with Crippen LogP contribution in [0, 0.1) is 6.07 Å². The molecule has 0 bridgehead atoms. The molecule has 0 fully saturated rings. The van der Waals surface area contributed by atoms with Crippen LogP contribution in [-0.2, 0) is 22.4 Å². The average Bonchev–Trinajstić information content (AvgIpc) is 2.33. The Kier molecular flexibility index (Phi) is 15.3. The molecule has 0 spiro atoms. The van der Waals surface area contributed by atoms with Crippen molar-refractivity contribution < 1.29 is 22.4 Å². The molecule has 0 saturated carbocycles. The van der Waals surface area contributed by atoms with Crippen LogP contribution in [0.1, 0.15) is 26.3 Å². The first-order valence-electron chi connectivity index (χ1n) is 5.70. The molecular formula is C14H23AuP+. The average molecular weight is 419 g/mol. The van der Waals surface area contributed by atoms with Crippen molar-refractivity contribution in [1.82, 2.24) is 0 Å². The van der Waals surface area contributed by atoms with E-state index in [-0.39, 0.29) is 30.3 Å². The van der Waals surface area contributed by atoms with Crippen molar-refractivity contribution in [2.45, 2.75) is 20.8 Å². The first kappa shape index (κ1) is 18.5. The van der Waals surface area contributed by atoms with Gasteiger partial charge in [-0.1, -0.05) is 6.08 Å². The quantitative estimate of drug-likeness (QED) is 0.386. The molecule has 0 atom stereocenters. The Morgan fingerprint density at radius 2 is 1.56 bits per heavy atom. The number of rotatable bonds is 4. The van der Waals surface area contributed by atoms with Gasteiger partial charge in [0.1, 0.15) is 0 Å². The van der Waals surface area contributed by atoms with Gasteiger partial charge in [0.15, 0.2) is 0 Å². The van der Waals surface area contributed by atoms with Crippen LogP contribution in [0.5, 0.6) is 0 Å². The van der Waals surface area contributed by atoms with Gasteiger partial charge in [0.05, 0.1) is 18.5 Å². The number of hydrogen-bond donors (Lipinski definition) is 0. The van der Waals surface area contributed by atoms with E-state index in [0.29, 0.717) is 0 Å². The minimum Gasteiger partial charge on any atom is -0.184 e. The summed E-state index contributed by atoms with van der Waals surface area (Å²) in [5.41, 5.74) is 1.14. The predicted molar refractivity (Wildman–Crippen MR) is 75.3 cm³/mol. The Morgan fingerprint density at radius 3 is 1.75 bits per heavy atom. The second kappa shape index (κ2) is 13.2. The van der Waals surface area contributed by atoms with Crippen LogP contribution in [0.15, 0.2) is 30.8 Å². The fourth-order valence-electron chi connectivity index (χ4n) is 1.29. The summed E-state index contributed by atoms with van der Waals surface area (Å²) < 4.78 is 0. The molecule has 1 aromatic rings. The second-order valence-corrected chi connectivity index (χ2v) is 6.97. The first-order valence-corrected chi connectivity index (χ1v) is 7.82. The van der Waals surface area contributed by atoms with Crippen LogP contribution in [0.25, 0.3) is 6.08 Å². The summed E-state index contributed by atoms with van der Waals surface area (Å²) in [5, 5.41) is 0. The van der Waals surface area contributed by atoms with Gasteiger partial charge < -0.3 is 0 Å². The van der Waals surface area contributed by atoms with Crippen LogP contribution in [-0.4, -0.2) is 18.5 Å². The van der Waals surface area contributed by atoms with Gasteiger partial charge in [0.2, 0.25) is 0 Å². The molecular weight excluding hydrogens is 396 g/mol. The van der Waals surface area contributed by atoms with Crippen molar-refractivity contribution in [2.75, 3.05) is 18.5 Å². The summed E-state index contributed by atoms with van der Waals surface area (Å²) in [6.07, 6.45) is 6.18. The third-order valence-electron chi connectivity index (χ3n) is 2.48. The van der Waals surface area contributed by atoms with Gasteiger partial charge in [-0.3, -0.25) is 0 Å². The van der Waals surface area contributed by atoms with Gasteiger partial charge in [-0.15, -0.1) is 12.1 Å². The van der Waals surface area contributed by atoms with Crippen molar-refractivity contribution in [2.24, 2.45) is 0 Å². The molecule has 0 saturated heterocycles. The molecule has 0 N–H and O–H groups in total. The first-order chi connectivity index (χ1) is 7.28. The van der Waals surface area contributed by atoms with E-state index in [0.717, 1.165) is 5.56 Å². The zero-order valence-electron chi connectivity index (χ0n) is 10.5. The number of benzene rings is 1. The third kappa shape index (κ3) is 9.36. The molecule has 0 unspecified atom stereocenters. The van der Waals surface area contributed by atoms with Crippen LogP contribution in [0.2, 0.25) is 0 Å². The Bertz CT molecular complexity index is 237. The van der Waals surface area contributed by atoms with Gasteiger partial charge in [0.25, 0.3) is 0 Å². The maximum absolute atomic E-state index is 3.62. The molecule has 16 heavy (non-hydrogen) atoms. The number of hydrogen-bond acceptors (Lipinski definition) is 0. The molecule has 0 aliphatic carbocycles. The van der Waals surface area contributed by atoms with Crippen molar-refractivity contribution in [3.05, 3.63) is 42.5 Å². The summed E-state index contributed by atoms with van der Waals surface area (Å²) in [6.45, 7) is 10.5. The standard InChI is InChI=1S/C8H7.C6H15P.Au/c1-2-8-6-4-3-5-7-8;1-4-7(5-2)6-3;/h2,4-7H,1H2;4-6H2,1-3H3;/q-1;;+1/p+1. The van der Waals surface area contributed by atoms with Gasteiger partial charge in [-0.25, -0.2) is 0 Å². The van der Waals surface area contributed by atoms with E-state index in [4.69, 9.17) is 0 Å². The van der Waals surface area contributed by atoms with Crippen molar-refractivity contribution >= 4 is 14.0 Å². The zero-order chi connectivity index (χ0) is 11.5. The van der Waals surface area contributed by atoms with Gasteiger partial charge in [0, 0.05) is 0 Å². The summed E-state index contributed by atoms with van der Waals surface area (Å²) >= 11 is 0. The van der Waals surface area contributed by atoms with E-state index in [1.165, 1.54) is 18.5 Å². The topological polar surface area (TPSA) is 0 Å². The molecule has 0 nitrogen and oxygen atoms in total. The maximum Gasteiger partial charge on any atom is 1.00 e. The molecule has 0 heterocycles. The van der Waals surface area contributed by atoms with Gasteiger partial charge in [-0.2, -0.15) is 30.3 Å². The summed E-state index contributed by atoms with van der Waals surface area (Å²) in [5.74, 6) is 0. The van der Waals surface area contributed by atoms with E-state index in [1.807, 2.05) is 30.3 Å². The van der Waals surface area contributed by atoms with Crippen LogP contribution in [0.3, 0.4) is 0 Å². The third-order valence-corrected chi connectivity index (χ3v) is 5.48. The summed E-state index contributed by atoms with van der Waals surface area (Å²) in [6, 6.07) is 10.6. The smallest absolute Gasteiger partial charge is 0.184 e. The summed E-state index contributed by atoms with van der Waals surface area (Å²) in [7, 11) is 0.137. The molecule has 0 aromatic heterocycles.